The largest absolute Gasteiger partial charge is 0.389 e. The van der Waals surface area contributed by atoms with Crippen LogP contribution in [0.25, 0.3) is 0 Å². The van der Waals surface area contributed by atoms with Crippen LogP contribution >= 0.6 is 23.2 Å². The van der Waals surface area contributed by atoms with E-state index in [2.05, 4.69) is 5.10 Å². The Morgan fingerprint density at radius 3 is 2.71 bits per heavy atom. The predicted octanol–water partition coefficient (Wildman–Crippen LogP) is 3.29. The Kier molecular flexibility index (Phi) is 3.72. The summed E-state index contributed by atoms with van der Waals surface area (Å²) in [5, 5.41) is 14.6. The summed E-state index contributed by atoms with van der Waals surface area (Å²) in [5.41, 5.74) is 1.81. The van der Waals surface area contributed by atoms with Gasteiger partial charge in [-0.05, 0) is 24.6 Å². The van der Waals surface area contributed by atoms with E-state index in [9.17, 15) is 5.11 Å². The Morgan fingerprint density at radius 2 is 2.12 bits per heavy atom. The minimum absolute atomic E-state index is 0.502. The molecule has 0 bridgehead atoms. The first-order valence-electron chi connectivity index (χ1n) is 5.20. The first-order valence-corrected chi connectivity index (χ1v) is 5.96. The van der Waals surface area contributed by atoms with E-state index in [4.69, 9.17) is 23.2 Å². The van der Waals surface area contributed by atoms with E-state index < -0.39 is 6.10 Å². The fraction of sp³-hybridized carbons (Fsp3) is 0.250. The van der Waals surface area contributed by atoms with Crippen molar-refractivity contribution < 1.29 is 5.11 Å². The zero-order valence-electron chi connectivity index (χ0n) is 9.27. The molecule has 0 saturated heterocycles. The standard InChI is InChI=1S/C12H12Cl2N2O/c1-8(17)10-5-15-16(7-10)6-9-2-3-11(13)12(14)4-9/h2-5,7-8,17H,6H2,1H3. The van der Waals surface area contributed by atoms with Crippen molar-refractivity contribution in [2.75, 3.05) is 0 Å². The number of aromatic nitrogens is 2. The third kappa shape index (κ3) is 3.00. The molecular weight excluding hydrogens is 259 g/mol. The quantitative estimate of drug-likeness (QED) is 0.930. The van der Waals surface area contributed by atoms with Crippen molar-refractivity contribution in [1.29, 1.82) is 0 Å². The molecule has 0 aliphatic rings. The maximum atomic E-state index is 9.39. The lowest BCUT2D eigenvalue weighted by Crippen LogP contribution is -2.00. The summed E-state index contributed by atoms with van der Waals surface area (Å²) in [6.45, 7) is 2.31. The van der Waals surface area contributed by atoms with Gasteiger partial charge in [-0.15, -0.1) is 0 Å². The number of nitrogens with zero attached hydrogens (tertiary/aromatic N) is 2. The highest BCUT2D eigenvalue weighted by Gasteiger charge is 2.05. The molecule has 1 N–H and O–H groups in total. The average molecular weight is 271 g/mol. The van der Waals surface area contributed by atoms with Crippen LogP contribution in [-0.4, -0.2) is 14.9 Å². The van der Waals surface area contributed by atoms with Gasteiger partial charge in [-0.1, -0.05) is 29.3 Å². The van der Waals surface area contributed by atoms with Crippen molar-refractivity contribution in [3.8, 4) is 0 Å². The van der Waals surface area contributed by atoms with E-state index >= 15 is 0 Å². The van der Waals surface area contributed by atoms with E-state index in [0.717, 1.165) is 11.1 Å². The summed E-state index contributed by atoms with van der Waals surface area (Å²) in [7, 11) is 0. The van der Waals surface area contributed by atoms with Crippen LogP contribution in [0.4, 0.5) is 0 Å². The number of aliphatic hydroxyl groups is 1. The number of benzene rings is 1. The summed E-state index contributed by atoms with van der Waals surface area (Å²) < 4.78 is 1.75. The summed E-state index contributed by atoms with van der Waals surface area (Å²) in [4.78, 5) is 0. The number of aliphatic hydroxyl groups excluding tert-OH is 1. The lowest BCUT2D eigenvalue weighted by atomic mass is 10.2. The number of rotatable bonds is 3. The monoisotopic (exact) mass is 270 g/mol. The molecule has 0 aliphatic heterocycles. The molecule has 0 fully saturated rings. The van der Waals surface area contributed by atoms with Gasteiger partial charge in [0.05, 0.1) is 28.9 Å². The molecule has 0 amide bonds. The zero-order chi connectivity index (χ0) is 12.4. The molecule has 0 aliphatic carbocycles. The van der Waals surface area contributed by atoms with Crippen LogP contribution in [-0.2, 0) is 6.54 Å². The molecule has 90 valence electrons. The second kappa shape index (κ2) is 5.08. The first-order chi connectivity index (χ1) is 8.06. The summed E-state index contributed by atoms with van der Waals surface area (Å²) in [6.07, 6.45) is 2.97. The number of hydrogen-bond acceptors (Lipinski definition) is 2. The van der Waals surface area contributed by atoms with Crippen molar-refractivity contribution in [3.05, 3.63) is 51.8 Å². The number of halogens is 2. The highest BCUT2D eigenvalue weighted by Crippen LogP contribution is 2.23. The SMILES string of the molecule is CC(O)c1cnn(Cc2ccc(Cl)c(Cl)c2)c1. The van der Waals surface area contributed by atoms with Gasteiger partial charge in [-0.2, -0.15) is 5.10 Å². The summed E-state index contributed by atoms with van der Waals surface area (Å²) >= 11 is 11.8. The first kappa shape index (κ1) is 12.4. The zero-order valence-corrected chi connectivity index (χ0v) is 10.8. The van der Waals surface area contributed by atoms with E-state index in [1.54, 1.807) is 23.9 Å². The van der Waals surface area contributed by atoms with Gasteiger partial charge >= 0.3 is 0 Å². The van der Waals surface area contributed by atoms with Gasteiger partial charge in [-0.25, -0.2) is 0 Å². The third-order valence-corrected chi connectivity index (χ3v) is 3.20. The van der Waals surface area contributed by atoms with Gasteiger partial charge in [0, 0.05) is 11.8 Å². The van der Waals surface area contributed by atoms with Gasteiger partial charge in [0.25, 0.3) is 0 Å². The van der Waals surface area contributed by atoms with E-state index in [0.29, 0.717) is 16.6 Å². The van der Waals surface area contributed by atoms with Gasteiger partial charge in [-0.3, -0.25) is 4.68 Å². The lowest BCUT2D eigenvalue weighted by Gasteiger charge is -2.03. The van der Waals surface area contributed by atoms with E-state index in [1.807, 2.05) is 18.3 Å². The maximum Gasteiger partial charge on any atom is 0.0792 e. The van der Waals surface area contributed by atoms with Crippen LogP contribution in [0.5, 0.6) is 0 Å². The fourth-order valence-corrected chi connectivity index (χ4v) is 1.83. The van der Waals surface area contributed by atoms with Crippen LogP contribution in [0.1, 0.15) is 24.2 Å². The van der Waals surface area contributed by atoms with E-state index in [1.165, 1.54) is 0 Å². The van der Waals surface area contributed by atoms with E-state index in [-0.39, 0.29) is 0 Å². The molecule has 0 spiro atoms. The lowest BCUT2D eigenvalue weighted by molar-refractivity contribution is 0.199. The van der Waals surface area contributed by atoms with Crippen LogP contribution in [0.3, 0.4) is 0 Å². The third-order valence-electron chi connectivity index (χ3n) is 2.46. The molecule has 3 nitrogen and oxygen atoms in total. The van der Waals surface area contributed by atoms with Crippen molar-refractivity contribution in [1.82, 2.24) is 9.78 Å². The van der Waals surface area contributed by atoms with Crippen molar-refractivity contribution in [2.45, 2.75) is 19.6 Å². The molecule has 5 heteroatoms. The van der Waals surface area contributed by atoms with Crippen LogP contribution in [0.15, 0.2) is 30.6 Å². The Bertz CT molecular complexity index is 523. The van der Waals surface area contributed by atoms with Crippen molar-refractivity contribution >= 4 is 23.2 Å². The van der Waals surface area contributed by atoms with Crippen LogP contribution < -0.4 is 0 Å². The smallest absolute Gasteiger partial charge is 0.0792 e. The van der Waals surface area contributed by atoms with Crippen LogP contribution in [0.2, 0.25) is 10.0 Å². The van der Waals surface area contributed by atoms with Crippen LogP contribution in [0, 0.1) is 0 Å². The summed E-state index contributed by atoms with van der Waals surface area (Å²) in [5.74, 6) is 0. The second-order valence-electron chi connectivity index (χ2n) is 3.90. The molecule has 2 rings (SSSR count). The Hall–Kier alpha value is -1.03. The topological polar surface area (TPSA) is 38.1 Å². The minimum Gasteiger partial charge on any atom is -0.389 e. The van der Waals surface area contributed by atoms with Gasteiger partial charge in [0.1, 0.15) is 0 Å². The molecule has 1 aromatic carbocycles. The van der Waals surface area contributed by atoms with Gasteiger partial charge < -0.3 is 5.11 Å². The molecule has 1 aromatic heterocycles. The summed E-state index contributed by atoms with van der Waals surface area (Å²) in [6, 6.07) is 5.48. The van der Waals surface area contributed by atoms with Gasteiger partial charge in [0.2, 0.25) is 0 Å². The Balaban J connectivity index is 2.16. The fourth-order valence-electron chi connectivity index (χ4n) is 1.51. The highest BCUT2D eigenvalue weighted by molar-refractivity contribution is 6.42. The highest BCUT2D eigenvalue weighted by atomic mass is 35.5. The normalized spacial score (nSPS) is 12.7. The van der Waals surface area contributed by atoms with Crippen molar-refractivity contribution in [2.24, 2.45) is 0 Å². The predicted molar refractivity (Wildman–Crippen MR) is 68.4 cm³/mol. The molecule has 1 atom stereocenters. The Morgan fingerprint density at radius 1 is 1.35 bits per heavy atom. The van der Waals surface area contributed by atoms with Crippen molar-refractivity contribution in [3.63, 3.8) is 0 Å². The molecule has 17 heavy (non-hydrogen) atoms. The van der Waals surface area contributed by atoms with Gasteiger partial charge in [0.15, 0.2) is 0 Å². The molecule has 0 radical (unpaired) electrons. The molecule has 1 heterocycles. The molecule has 2 aromatic rings. The Labute approximate surface area is 110 Å². The number of hydrogen-bond donors (Lipinski definition) is 1. The molecule has 1 unspecified atom stereocenters. The minimum atomic E-state index is -0.502. The average Bonchev–Trinajstić information content (AvgIpc) is 2.72. The second-order valence-corrected chi connectivity index (χ2v) is 4.71. The molecular formula is C12H12Cl2N2O. The maximum absolute atomic E-state index is 9.39. The molecule has 0 saturated carbocycles.